The van der Waals surface area contributed by atoms with Crippen molar-refractivity contribution in [3.8, 4) is 11.5 Å². The van der Waals surface area contributed by atoms with E-state index in [0.717, 1.165) is 36.7 Å². The second-order valence-corrected chi connectivity index (χ2v) is 8.65. The van der Waals surface area contributed by atoms with E-state index in [1.165, 1.54) is 18.9 Å². The summed E-state index contributed by atoms with van der Waals surface area (Å²) >= 11 is 4.75. The Hall–Kier alpha value is -2.58. The molecule has 30 heavy (non-hydrogen) atoms. The predicted octanol–water partition coefficient (Wildman–Crippen LogP) is 4.74. The van der Waals surface area contributed by atoms with Crippen molar-refractivity contribution in [3.05, 3.63) is 63.0 Å². The number of hydrogen-bond acceptors (Lipinski definition) is 6. The van der Waals surface area contributed by atoms with Gasteiger partial charge in [0.2, 0.25) is 0 Å². The van der Waals surface area contributed by atoms with Gasteiger partial charge in [0.15, 0.2) is 16.7 Å². The van der Waals surface area contributed by atoms with Crippen LogP contribution < -0.4 is 9.47 Å². The van der Waals surface area contributed by atoms with E-state index in [-0.39, 0.29) is 5.91 Å². The number of benzene rings is 2. The molecule has 0 N–H and O–H groups in total. The summed E-state index contributed by atoms with van der Waals surface area (Å²) in [5.41, 5.74) is 1.19. The highest BCUT2D eigenvalue weighted by atomic mass is 79.9. The van der Waals surface area contributed by atoms with Gasteiger partial charge in [-0.15, -0.1) is 0 Å². The fraction of sp³-hybridized carbons (Fsp3) is 0.227. The zero-order valence-electron chi connectivity index (χ0n) is 16.3. The van der Waals surface area contributed by atoms with Crippen LogP contribution in [0.1, 0.15) is 28.8 Å². The SMILES string of the molecule is COc1cc(/C=C2\SC(N3CCCC3)=NC2=O)ccc1OC(=O)c1ccccc1Br. The summed E-state index contributed by atoms with van der Waals surface area (Å²) in [6, 6.07) is 12.2. The maximum absolute atomic E-state index is 12.5. The first kappa shape index (κ1) is 20.7. The Morgan fingerprint density at radius 2 is 1.93 bits per heavy atom. The molecular weight excluding hydrogens is 468 g/mol. The van der Waals surface area contributed by atoms with Gasteiger partial charge in [0.25, 0.3) is 5.91 Å². The van der Waals surface area contributed by atoms with Gasteiger partial charge in [0.1, 0.15) is 0 Å². The Morgan fingerprint density at radius 3 is 2.67 bits per heavy atom. The van der Waals surface area contributed by atoms with Gasteiger partial charge in [0.05, 0.1) is 17.6 Å². The second-order valence-electron chi connectivity index (χ2n) is 6.78. The molecule has 0 unspecified atom stereocenters. The van der Waals surface area contributed by atoms with E-state index in [1.54, 1.807) is 42.5 Å². The molecule has 0 aromatic heterocycles. The Bertz CT molecular complexity index is 1060. The van der Waals surface area contributed by atoms with Crippen LogP contribution in [0.15, 0.2) is 56.8 Å². The van der Waals surface area contributed by atoms with E-state index in [0.29, 0.717) is 26.4 Å². The van der Waals surface area contributed by atoms with Crippen LogP contribution in [0.3, 0.4) is 0 Å². The Balaban J connectivity index is 1.51. The number of carbonyl (C=O) groups is 2. The molecule has 2 aromatic rings. The van der Waals surface area contributed by atoms with Crippen LogP contribution in [0.2, 0.25) is 0 Å². The molecule has 2 aliphatic heterocycles. The highest BCUT2D eigenvalue weighted by Crippen LogP contribution is 2.34. The van der Waals surface area contributed by atoms with Crippen LogP contribution in [-0.4, -0.2) is 42.1 Å². The molecule has 0 radical (unpaired) electrons. The summed E-state index contributed by atoms with van der Waals surface area (Å²) in [5, 5.41) is 0.773. The molecule has 2 heterocycles. The van der Waals surface area contributed by atoms with Crippen LogP contribution in [0, 0.1) is 0 Å². The smallest absolute Gasteiger partial charge is 0.344 e. The minimum absolute atomic E-state index is 0.231. The van der Waals surface area contributed by atoms with Crippen LogP contribution in [0.4, 0.5) is 0 Å². The minimum atomic E-state index is -0.489. The highest BCUT2D eigenvalue weighted by Gasteiger charge is 2.27. The number of ether oxygens (including phenoxy) is 2. The van der Waals surface area contributed by atoms with Crippen molar-refractivity contribution in [2.24, 2.45) is 4.99 Å². The van der Waals surface area contributed by atoms with Crippen molar-refractivity contribution in [3.63, 3.8) is 0 Å². The van der Waals surface area contributed by atoms with Crippen molar-refractivity contribution in [2.75, 3.05) is 20.2 Å². The lowest BCUT2D eigenvalue weighted by atomic mass is 10.2. The lowest BCUT2D eigenvalue weighted by Crippen LogP contribution is -2.23. The van der Waals surface area contributed by atoms with E-state index in [1.807, 2.05) is 6.07 Å². The van der Waals surface area contributed by atoms with Gasteiger partial charge in [-0.2, -0.15) is 4.99 Å². The number of nitrogens with zero attached hydrogens (tertiary/aromatic N) is 2. The molecular formula is C22H19BrN2O4S. The number of thioether (sulfide) groups is 1. The van der Waals surface area contributed by atoms with Crippen LogP contribution >= 0.6 is 27.7 Å². The number of esters is 1. The van der Waals surface area contributed by atoms with E-state index in [2.05, 4.69) is 25.8 Å². The number of likely N-dealkylation sites (tertiary alicyclic amines) is 1. The molecule has 0 saturated carbocycles. The average Bonchev–Trinajstić information content (AvgIpc) is 3.39. The molecule has 154 valence electrons. The number of amidine groups is 1. The number of aliphatic imine (C=N–C) groups is 1. The molecule has 0 spiro atoms. The lowest BCUT2D eigenvalue weighted by molar-refractivity contribution is -0.113. The standard InChI is InChI=1S/C22H19BrN2O4S/c1-28-18-12-14(13-19-20(26)24-22(30-19)25-10-4-5-11-25)8-9-17(18)29-21(27)15-6-2-3-7-16(15)23/h2-3,6-9,12-13H,4-5,10-11H2,1H3/b19-13-. The van der Waals surface area contributed by atoms with E-state index >= 15 is 0 Å². The summed E-state index contributed by atoms with van der Waals surface area (Å²) in [7, 11) is 1.51. The third kappa shape index (κ3) is 4.44. The quantitative estimate of drug-likeness (QED) is 0.353. The number of amides is 1. The molecule has 1 saturated heterocycles. The van der Waals surface area contributed by atoms with E-state index in [9.17, 15) is 9.59 Å². The number of hydrogen-bond donors (Lipinski definition) is 0. The van der Waals surface area contributed by atoms with Crippen LogP contribution in [-0.2, 0) is 4.79 Å². The maximum atomic E-state index is 12.5. The third-order valence-corrected chi connectivity index (χ3v) is 6.50. The lowest BCUT2D eigenvalue weighted by Gasteiger charge is -2.14. The molecule has 1 fully saturated rings. The molecule has 8 heteroatoms. The molecule has 1 amide bonds. The van der Waals surface area contributed by atoms with Crippen molar-refractivity contribution in [1.82, 2.24) is 4.90 Å². The number of carbonyl (C=O) groups excluding carboxylic acids is 2. The van der Waals surface area contributed by atoms with E-state index in [4.69, 9.17) is 9.47 Å². The number of methoxy groups -OCH3 is 1. The monoisotopic (exact) mass is 486 g/mol. The second kappa shape index (κ2) is 9.06. The van der Waals surface area contributed by atoms with Gasteiger partial charge in [-0.3, -0.25) is 4.79 Å². The average molecular weight is 487 g/mol. The zero-order chi connectivity index (χ0) is 21.1. The van der Waals surface area contributed by atoms with Crippen molar-refractivity contribution in [2.45, 2.75) is 12.8 Å². The van der Waals surface area contributed by atoms with Crippen LogP contribution in [0.5, 0.6) is 11.5 Å². The molecule has 0 aliphatic carbocycles. The highest BCUT2D eigenvalue weighted by molar-refractivity contribution is 9.10. The van der Waals surface area contributed by atoms with Gasteiger partial charge in [-0.25, -0.2) is 4.79 Å². The van der Waals surface area contributed by atoms with Gasteiger partial charge in [0, 0.05) is 17.6 Å². The predicted molar refractivity (Wildman–Crippen MR) is 121 cm³/mol. The third-order valence-electron chi connectivity index (χ3n) is 4.77. The summed E-state index contributed by atoms with van der Waals surface area (Å²) < 4.78 is 11.6. The molecule has 0 bridgehead atoms. The molecule has 6 nitrogen and oxygen atoms in total. The topological polar surface area (TPSA) is 68.2 Å². The zero-order valence-corrected chi connectivity index (χ0v) is 18.7. The first-order chi connectivity index (χ1) is 14.5. The maximum Gasteiger partial charge on any atom is 0.344 e. The summed E-state index contributed by atoms with van der Waals surface area (Å²) in [6.45, 7) is 1.88. The van der Waals surface area contributed by atoms with Crippen LogP contribution in [0.25, 0.3) is 6.08 Å². The van der Waals surface area contributed by atoms with Gasteiger partial charge in [-0.1, -0.05) is 18.2 Å². The number of halogens is 1. The number of rotatable bonds is 4. The largest absolute Gasteiger partial charge is 0.493 e. The Morgan fingerprint density at radius 1 is 1.17 bits per heavy atom. The fourth-order valence-electron chi connectivity index (χ4n) is 3.23. The summed E-state index contributed by atoms with van der Waals surface area (Å²) in [6.07, 6.45) is 4.04. The Labute approximate surface area is 187 Å². The molecule has 2 aliphatic rings. The van der Waals surface area contributed by atoms with Crippen molar-refractivity contribution in [1.29, 1.82) is 0 Å². The first-order valence-electron chi connectivity index (χ1n) is 9.47. The van der Waals surface area contributed by atoms with Crippen molar-refractivity contribution < 1.29 is 19.1 Å². The molecule has 4 rings (SSSR count). The Kier molecular flexibility index (Phi) is 6.24. The van der Waals surface area contributed by atoms with E-state index < -0.39 is 5.97 Å². The fourth-order valence-corrected chi connectivity index (χ4v) is 4.64. The normalized spacial score (nSPS) is 17.4. The molecule has 0 atom stereocenters. The molecule has 2 aromatic carbocycles. The minimum Gasteiger partial charge on any atom is -0.493 e. The van der Waals surface area contributed by atoms with Gasteiger partial charge in [-0.05, 0) is 76.4 Å². The van der Waals surface area contributed by atoms with Crippen molar-refractivity contribution >= 4 is 50.8 Å². The summed E-state index contributed by atoms with van der Waals surface area (Å²) in [5.74, 6) is -0.0111. The summed E-state index contributed by atoms with van der Waals surface area (Å²) in [4.78, 5) is 31.7. The van der Waals surface area contributed by atoms with Gasteiger partial charge >= 0.3 is 5.97 Å². The van der Waals surface area contributed by atoms with Gasteiger partial charge < -0.3 is 14.4 Å². The first-order valence-corrected chi connectivity index (χ1v) is 11.1.